The lowest BCUT2D eigenvalue weighted by molar-refractivity contribution is -0.148. The van der Waals surface area contributed by atoms with Crippen molar-refractivity contribution >= 4 is 5.97 Å². The molecule has 1 rings (SSSR count). The molecular weight excluding hydrogens is 228 g/mol. The lowest BCUT2D eigenvalue weighted by atomic mass is 9.86. The Bertz CT molecular complexity index is 308. The fourth-order valence-corrected chi connectivity index (χ4v) is 2.27. The van der Waals surface area contributed by atoms with Gasteiger partial charge in [0.1, 0.15) is 5.60 Å². The molecule has 3 heteroatoms. The number of rotatable bonds is 6. The summed E-state index contributed by atoms with van der Waals surface area (Å²) in [6.45, 7) is 10.7. The van der Waals surface area contributed by atoms with Crippen molar-refractivity contribution in [1.29, 1.82) is 0 Å². The smallest absolute Gasteiger partial charge is 0.330 e. The normalized spacial score (nSPS) is 25.2. The zero-order valence-corrected chi connectivity index (χ0v) is 12.3. The summed E-state index contributed by atoms with van der Waals surface area (Å²) in [4.78, 5) is 11.6. The molecule has 2 atom stereocenters. The molecular formula is C15H26O3. The molecule has 1 fully saturated rings. The van der Waals surface area contributed by atoms with Crippen LogP contribution in [0.25, 0.3) is 0 Å². The van der Waals surface area contributed by atoms with Crippen LogP contribution in [-0.4, -0.2) is 23.8 Å². The van der Waals surface area contributed by atoms with Crippen LogP contribution in [0.1, 0.15) is 53.9 Å². The van der Waals surface area contributed by atoms with Gasteiger partial charge in [0.05, 0.1) is 12.2 Å². The molecule has 1 saturated heterocycles. The molecule has 1 aliphatic heterocycles. The van der Waals surface area contributed by atoms with Gasteiger partial charge in [0.15, 0.2) is 0 Å². The first-order valence-corrected chi connectivity index (χ1v) is 6.88. The Kier molecular flexibility index (Phi) is 4.97. The van der Waals surface area contributed by atoms with E-state index in [1.54, 1.807) is 6.08 Å². The highest BCUT2D eigenvalue weighted by Gasteiger charge is 2.48. The van der Waals surface area contributed by atoms with Gasteiger partial charge >= 0.3 is 5.97 Å². The fourth-order valence-electron chi connectivity index (χ4n) is 2.27. The Balaban J connectivity index is 2.56. The van der Waals surface area contributed by atoms with E-state index in [-0.39, 0.29) is 11.6 Å². The maximum atomic E-state index is 11.6. The van der Waals surface area contributed by atoms with E-state index in [1.807, 2.05) is 26.8 Å². The van der Waals surface area contributed by atoms with E-state index in [4.69, 9.17) is 9.47 Å². The van der Waals surface area contributed by atoms with E-state index in [0.29, 0.717) is 5.92 Å². The Hall–Kier alpha value is -0.830. The maximum Gasteiger partial charge on any atom is 0.330 e. The third-order valence-electron chi connectivity index (χ3n) is 3.18. The van der Waals surface area contributed by atoms with Crippen molar-refractivity contribution < 1.29 is 14.3 Å². The van der Waals surface area contributed by atoms with Crippen LogP contribution in [-0.2, 0) is 14.3 Å². The lowest BCUT2D eigenvalue weighted by Crippen LogP contribution is -2.24. The Labute approximate surface area is 111 Å². The Morgan fingerprint density at radius 1 is 1.44 bits per heavy atom. The fraction of sp³-hybridized carbons (Fsp3) is 0.800. The summed E-state index contributed by atoms with van der Waals surface area (Å²) < 4.78 is 10.9. The molecule has 0 saturated carbocycles. The summed E-state index contributed by atoms with van der Waals surface area (Å²) >= 11 is 0. The van der Waals surface area contributed by atoms with E-state index in [1.165, 1.54) is 0 Å². The van der Waals surface area contributed by atoms with Crippen LogP contribution in [0.2, 0.25) is 0 Å². The van der Waals surface area contributed by atoms with Gasteiger partial charge in [0, 0.05) is 12.0 Å². The summed E-state index contributed by atoms with van der Waals surface area (Å²) in [7, 11) is 0. The predicted octanol–water partition coefficient (Wildman–Crippen LogP) is 3.48. The van der Waals surface area contributed by atoms with Crippen molar-refractivity contribution in [2.24, 2.45) is 5.92 Å². The maximum absolute atomic E-state index is 11.6. The topological polar surface area (TPSA) is 38.8 Å². The molecule has 1 heterocycles. The van der Waals surface area contributed by atoms with Crippen LogP contribution in [0.5, 0.6) is 0 Å². The van der Waals surface area contributed by atoms with Crippen LogP contribution in [0.3, 0.4) is 0 Å². The molecule has 0 spiro atoms. The van der Waals surface area contributed by atoms with Crippen LogP contribution in [0, 0.1) is 5.92 Å². The molecule has 0 aromatic heterocycles. The summed E-state index contributed by atoms with van der Waals surface area (Å²) in [5.41, 5.74) is -0.442. The van der Waals surface area contributed by atoms with Crippen molar-refractivity contribution in [2.75, 3.05) is 6.61 Å². The van der Waals surface area contributed by atoms with Crippen LogP contribution in [0.4, 0.5) is 0 Å². The largest absolute Gasteiger partial charge is 0.457 e. The van der Waals surface area contributed by atoms with Crippen LogP contribution >= 0.6 is 0 Å². The second-order valence-electron chi connectivity index (χ2n) is 6.01. The van der Waals surface area contributed by atoms with E-state index in [2.05, 4.69) is 13.8 Å². The number of carbonyl (C=O) groups excluding carboxylic acids is 1. The zero-order valence-electron chi connectivity index (χ0n) is 12.3. The van der Waals surface area contributed by atoms with Gasteiger partial charge in [-0.15, -0.1) is 0 Å². The third kappa shape index (κ3) is 4.45. The molecule has 0 aromatic carbocycles. The van der Waals surface area contributed by atoms with E-state index in [9.17, 15) is 4.79 Å². The van der Waals surface area contributed by atoms with Gasteiger partial charge in [-0.2, -0.15) is 0 Å². The molecule has 3 nitrogen and oxygen atoms in total. The molecule has 104 valence electrons. The van der Waals surface area contributed by atoms with Gasteiger partial charge in [-0.3, -0.25) is 0 Å². The van der Waals surface area contributed by atoms with Crippen LogP contribution in [0.15, 0.2) is 12.2 Å². The van der Waals surface area contributed by atoms with Gasteiger partial charge in [0.2, 0.25) is 0 Å². The highest BCUT2D eigenvalue weighted by atomic mass is 16.6. The average molecular weight is 254 g/mol. The van der Waals surface area contributed by atoms with Gasteiger partial charge in [-0.25, -0.2) is 4.79 Å². The first-order valence-electron chi connectivity index (χ1n) is 6.88. The molecule has 0 bridgehead atoms. The third-order valence-corrected chi connectivity index (χ3v) is 3.18. The summed E-state index contributed by atoms with van der Waals surface area (Å²) in [5, 5.41) is 0. The Morgan fingerprint density at radius 2 is 2.06 bits per heavy atom. The summed E-state index contributed by atoms with van der Waals surface area (Å²) in [6, 6.07) is 0. The molecule has 2 unspecified atom stereocenters. The number of carbonyl (C=O) groups is 1. The van der Waals surface area contributed by atoms with E-state index < -0.39 is 5.60 Å². The van der Waals surface area contributed by atoms with E-state index >= 15 is 0 Å². The molecule has 0 amide bonds. The number of ether oxygens (including phenoxy) is 2. The monoisotopic (exact) mass is 254 g/mol. The number of esters is 1. The van der Waals surface area contributed by atoms with Crippen molar-refractivity contribution in [3.8, 4) is 0 Å². The minimum atomic E-state index is -0.430. The lowest BCUT2D eigenvalue weighted by Gasteiger charge is -2.20. The van der Waals surface area contributed by atoms with Gasteiger partial charge < -0.3 is 9.47 Å². The standard InChI is InChI=1S/C15H26O3/c1-6-10-15(11-17-15)12(7-2)8-9-13(16)18-14(3,4)5/h8-9,12H,6-7,10-11H2,1-5H3/b9-8+. The molecule has 0 radical (unpaired) electrons. The van der Waals surface area contributed by atoms with Gasteiger partial charge in [-0.05, 0) is 33.6 Å². The molecule has 1 aliphatic rings. The summed E-state index contributed by atoms with van der Waals surface area (Å²) in [5.74, 6) is 0.0400. The van der Waals surface area contributed by atoms with Crippen molar-refractivity contribution in [2.45, 2.75) is 65.1 Å². The molecule has 0 aliphatic carbocycles. The predicted molar refractivity (Wildman–Crippen MR) is 72.4 cm³/mol. The van der Waals surface area contributed by atoms with Gasteiger partial charge in [-0.1, -0.05) is 26.3 Å². The number of hydrogen-bond donors (Lipinski definition) is 0. The Morgan fingerprint density at radius 3 is 2.44 bits per heavy atom. The number of hydrogen-bond acceptors (Lipinski definition) is 3. The first kappa shape index (κ1) is 15.2. The molecule has 0 aromatic rings. The van der Waals surface area contributed by atoms with Crippen molar-refractivity contribution in [1.82, 2.24) is 0 Å². The highest BCUT2D eigenvalue weighted by molar-refractivity contribution is 5.82. The van der Waals surface area contributed by atoms with Crippen LogP contribution < -0.4 is 0 Å². The average Bonchev–Trinajstić information content (AvgIpc) is 2.97. The minimum absolute atomic E-state index is 0.0119. The van der Waals surface area contributed by atoms with Gasteiger partial charge in [0.25, 0.3) is 0 Å². The second kappa shape index (κ2) is 5.87. The van der Waals surface area contributed by atoms with Crippen molar-refractivity contribution in [3.63, 3.8) is 0 Å². The summed E-state index contributed by atoms with van der Waals surface area (Å²) in [6.07, 6.45) is 6.66. The highest BCUT2D eigenvalue weighted by Crippen LogP contribution is 2.42. The minimum Gasteiger partial charge on any atom is -0.457 e. The quantitative estimate of drug-likeness (QED) is 0.414. The SMILES string of the molecule is CCCC1(C(/C=C/C(=O)OC(C)(C)C)CC)CO1. The second-order valence-corrected chi connectivity index (χ2v) is 6.01. The first-order chi connectivity index (χ1) is 8.33. The van der Waals surface area contributed by atoms with E-state index in [0.717, 1.165) is 25.9 Å². The van der Waals surface area contributed by atoms with Crippen molar-refractivity contribution in [3.05, 3.63) is 12.2 Å². The number of epoxide rings is 1. The molecule has 18 heavy (non-hydrogen) atoms. The zero-order chi connectivity index (χ0) is 13.8. The molecule has 0 N–H and O–H groups in total.